The first-order valence-corrected chi connectivity index (χ1v) is 8.29. The minimum Gasteiger partial charge on any atom is -0.321 e. The summed E-state index contributed by atoms with van der Waals surface area (Å²) in [5, 5.41) is 3.17. The van der Waals surface area contributed by atoms with Crippen molar-refractivity contribution in [1.82, 2.24) is 4.98 Å². The van der Waals surface area contributed by atoms with Crippen LogP contribution in [0.3, 0.4) is 0 Å². The molecule has 0 saturated heterocycles. The lowest BCUT2D eigenvalue weighted by atomic mass is 10.2. The van der Waals surface area contributed by atoms with Crippen molar-refractivity contribution in [3.8, 4) is 0 Å². The Balaban J connectivity index is 1.80. The van der Waals surface area contributed by atoms with Crippen LogP contribution in [0.2, 0.25) is 5.02 Å². The maximum absolute atomic E-state index is 12.6. The van der Waals surface area contributed by atoms with Crippen LogP contribution in [-0.4, -0.2) is 23.8 Å². The molecule has 0 fully saturated rings. The smallest absolute Gasteiger partial charge is 0.276 e. The van der Waals surface area contributed by atoms with Gasteiger partial charge in [-0.1, -0.05) is 41.9 Å². The van der Waals surface area contributed by atoms with E-state index < -0.39 is 0 Å². The van der Waals surface area contributed by atoms with Gasteiger partial charge in [0.1, 0.15) is 5.69 Å². The summed E-state index contributed by atoms with van der Waals surface area (Å²) < 4.78 is 0. The summed E-state index contributed by atoms with van der Waals surface area (Å²) in [4.78, 5) is 30.7. The highest BCUT2D eigenvalue weighted by Gasteiger charge is 2.17. The highest BCUT2D eigenvalue weighted by molar-refractivity contribution is 6.33. The fourth-order valence-electron chi connectivity index (χ4n) is 2.39. The van der Waals surface area contributed by atoms with E-state index in [1.54, 1.807) is 37.4 Å². The van der Waals surface area contributed by atoms with Gasteiger partial charge in [-0.3, -0.25) is 14.6 Å². The minimum absolute atomic E-state index is 0.183. The Labute approximate surface area is 156 Å². The molecule has 1 aromatic heterocycles. The molecule has 130 valence electrons. The number of nitrogens with one attached hydrogen (secondary N) is 1. The first kappa shape index (κ1) is 17.6. The van der Waals surface area contributed by atoms with Crippen molar-refractivity contribution >= 4 is 34.8 Å². The van der Waals surface area contributed by atoms with Gasteiger partial charge in [0.05, 0.1) is 10.7 Å². The second-order valence-corrected chi connectivity index (χ2v) is 5.97. The van der Waals surface area contributed by atoms with Gasteiger partial charge in [0.15, 0.2) is 0 Å². The molecule has 0 spiro atoms. The molecular formula is C20H16ClN3O2. The molecule has 0 saturated carbocycles. The van der Waals surface area contributed by atoms with Crippen LogP contribution in [0.1, 0.15) is 20.8 Å². The quantitative estimate of drug-likeness (QED) is 0.751. The Kier molecular flexibility index (Phi) is 5.29. The molecule has 0 aliphatic carbocycles. The summed E-state index contributed by atoms with van der Waals surface area (Å²) in [7, 11) is 1.66. The molecule has 0 aliphatic rings. The molecule has 1 heterocycles. The Hall–Kier alpha value is -3.18. The van der Waals surface area contributed by atoms with Crippen molar-refractivity contribution in [2.75, 3.05) is 17.3 Å². The summed E-state index contributed by atoms with van der Waals surface area (Å²) in [5.41, 5.74) is 1.75. The lowest BCUT2D eigenvalue weighted by Crippen LogP contribution is -2.27. The van der Waals surface area contributed by atoms with Crippen LogP contribution >= 0.6 is 11.6 Å². The monoisotopic (exact) mass is 365 g/mol. The van der Waals surface area contributed by atoms with Crippen LogP contribution in [0.4, 0.5) is 11.4 Å². The van der Waals surface area contributed by atoms with Crippen LogP contribution in [0.25, 0.3) is 0 Å². The Bertz CT molecular complexity index is 945. The number of carbonyl (C=O) groups is 2. The number of aromatic nitrogens is 1. The van der Waals surface area contributed by atoms with Gasteiger partial charge in [-0.05, 0) is 36.4 Å². The molecular weight excluding hydrogens is 350 g/mol. The maximum Gasteiger partial charge on any atom is 0.276 e. The van der Waals surface area contributed by atoms with Crippen LogP contribution in [0.5, 0.6) is 0 Å². The van der Waals surface area contributed by atoms with Gasteiger partial charge in [0.25, 0.3) is 11.8 Å². The lowest BCUT2D eigenvalue weighted by molar-refractivity contribution is 0.0988. The minimum atomic E-state index is -0.364. The molecule has 0 bridgehead atoms. The van der Waals surface area contributed by atoms with E-state index >= 15 is 0 Å². The molecule has 0 atom stereocenters. The van der Waals surface area contributed by atoms with E-state index in [4.69, 9.17) is 11.6 Å². The zero-order valence-corrected chi connectivity index (χ0v) is 14.8. The van der Waals surface area contributed by atoms with Crippen LogP contribution < -0.4 is 10.2 Å². The molecule has 26 heavy (non-hydrogen) atoms. The SMILES string of the molecule is CN(C(=O)c1cc(C(=O)Nc2ccccc2Cl)ccn1)c1ccccc1. The predicted molar refractivity (Wildman–Crippen MR) is 103 cm³/mol. The van der Waals surface area contributed by atoms with Crippen molar-refractivity contribution in [2.24, 2.45) is 0 Å². The van der Waals surface area contributed by atoms with Crippen molar-refractivity contribution < 1.29 is 9.59 Å². The van der Waals surface area contributed by atoms with Crippen LogP contribution in [0, 0.1) is 0 Å². The third-order valence-corrected chi connectivity index (χ3v) is 4.14. The average Bonchev–Trinajstić information content (AvgIpc) is 2.69. The molecule has 0 radical (unpaired) electrons. The predicted octanol–water partition coefficient (Wildman–Crippen LogP) is 4.26. The van der Waals surface area contributed by atoms with Crippen LogP contribution in [-0.2, 0) is 0 Å². The van der Waals surface area contributed by atoms with Gasteiger partial charge in [-0.25, -0.2) is 0 Å². The number of hydrogen-bond acceptors (Lipinski definition) is 3. The first-order chi connectivity index (χ1) is 12.6. The number of hydrogen-bond donors (Lipinski definition) is 1. The normalized spacial score (nSPS) is 10.2. The summed E-state index contributed by atoms with van der Waals surface area (Å²) in [6, 6.07) is 19.2. The Morgan fingerprint density at radius 3 is 2.42 bits per heavy atom. The van der Waals surface area contributed by atoms with E-state index in [0.29, 0.717) is 16.3 Å². The Morgan fingerprint density at radius 1 is 1.00 bits per heavy atom. The lowest BCUT2D eigenvalue weighted by Gasteiger charge is -2.17. The van der Waals surface area contributed by atoms with Gasteiger partial charge < -0.3 is 10.2 Å². The van der Waals surface area contributed by atoms with Crippen molar-refractivity contribution in [2.45, 2.75) is 0 Å². The molecule has 0 unspecified atom stereocenters. The number of rotatable bonds is 4. The van der Waals surface area contributed by atoms with E-state index in [0.717, 1.165) is 5.69 Å². The number of benzene rings is 2. The largest absolute Gasteiger partial charge is 0.321 e. The average molecular weight is 366 g/mol. The number of halogens is 1. The van der Waals surface area contributed by atoms with Crippen LogP contribution in [0.15, 0.2) is 72.9 Å². The van der Waals surface area contributed by atoms with Gasteiger partial charge >= 0.3 is 0 Å². The second-order valence-electron chi connectivity index (χ2n) is 5.56. The molecule has 5 nitrogen and oxygen atoms in total. The van der Waals surface area contributed by atoms with Gasteiger partial charge in [0.2, 0.25) is 0 Å². The molecule has 1 N–H and O–H groups in total. The second kappa shape index (κ2) is 7.80. The Morgan fingerprint density at radius 2 is 1.69 bits per heavy atom. The van der Waals surface area contributed by atoms with E-state index in [1.165, 1.54) is 17.2 Å². The third kappa shape index (κ3) is 3.90. The number of amides is 2. The van der Waals surface area contributed by atoms with E-state index in [-0.39, 0.29) is 17.5 Å². The summed E-state index contributed by atoms with van der Waals surface area (Å²) in [5.74, 6) is -0.666. The van der Waals surface area contributed by atoms with Crippen molar-refractivity contribution in [1.29, 1.82) is 0 Å². The molecule has 3 aromatic rings. The molecule has 6 heteroatoms. The fraction of sp³-hybridized carbons (Fsp3) is 0.0500. The molecule has 2 amide bonds. The van der Waals surface area contributed by atoms with Crippen molar-refractivity contribution in [3.05, 3.63) is 89.2 Å². The number of carbonyl (C=O) groups excluding carboxylic acids is 2. The zero-order chi connectivity index (χ0) is 18.5. The summed E-state index contributed by atoms with van der Waals surface area (Å²) >= 11 is 6.06. The topological polar surface area (TPSA) is 62.3 Å². The summed E-state index contributed by atoms with van der Waals surface area (Å²) in [6.07, 6.45) is 1.44. The highest BCUT2D eigenvalue weighted by Crippen LogP contribution is 2.21. The molecule has 3 rings (SSSR count). The zero-order valence-electron chi connectivity index (χ0n) is 14.0. The third-order valence-electron chi connectivity index (χ3n) is 3.81. The fourth-order valence-corrected chi connectivity index (χ4v) is 2.57. The number of anilines is 2. The highest BCUT2D eigenvalue weighted by atomic mass is 35.5. The summed E-state index contributed by atoms with van der Waals surface area (Å²) in [6.45, 7) is 0. The standard InChI is InChI=1S/C20H16ClN3O2/c1-24(15-7-3-2-4-8-15)20(26)18-13-14(11-12-22-18)19(25)23-17-10-6-5-9-16(17)21/h2-13H,1H3,(H,23,25). The van der Waals surface area contributed by atoms with Gasteiger partial charge in [-0.15, -0.1) is 0 Å². The van der Waals surface area contributed by atoms with Gasteiger partial charge in [0, 0.05) is 24.5 Å². The molecule has 2 aromatic carbocycles. The molecule has 0 aliphatic heterocycles. The van der Waals surface area contributed by atoms with Gasteiger partial charge in [-0.2, -0.15) is 0 Å². The van der Waals surface area contributed by atoms with E-state index in [1.807, 2.05) is 30.3 Å². The first-order valence-electron chi connectivity index (χ1n) is 7.91. The number of para-hydroxylation sites is 2. The number of pyridine rings is 1. The van der Waals surface area contributed by atoms with Crippen molar-refractivity contribution in [3.63, 3.8) is 0 Å². The maximum atomic E-state index is 12.6. The van der Waals surface area contributed by atoms with E-state index in [2.05, 4.69) is 10.3 Å². The number of nitrogens with zero attached hydrogens (tertiary/aromatic N) is 2. The van der Waals surface area contributed by atoms with E-state index in [9.17, 15) is 9.59 Å².